The van der Waals surface area contributed by atoms with E-state index in [0.717, 1.165) is 18.2 Å². The molecule has 0 aliphatic heterocycles. The lowest BCUT2D eigenvalue weighted by atomic mass is 9.90. The molecule has 3 rings (SSSR count). The number of benzene rings is 1. The van der Waals surface area contributed by atoms with Gasteiger partial charge < -0.3 is 4.98 Å². The van der Waals surface area contributed by atoms with Gasteiger partial charge in [-0.15, -0.1) is 0 Å². The SMILES string of the molecule is CC[C@@H](CC(=O)c1cc(=O)[nH]c(-c2ncccn2)n1)c1ccc(C(F)(F)F)c(F)c1. The van der Waals surface area contributed by atoms with Crippen LogP contribution >= 0.6 is 0 Å². The molecule has 156 valence electrons. The Morgan fingerprint density at radius 2 is 1.87 bits per heavy atom. The van der Waals surface area contributed by atoms with Crippen LogP contribution in [0.15, 0.2) is 47.5 Å². The van der Waals surface area contributed by atoms with Crippen molar-refractivity contribution in [3.05, 3.63) is 75.7 Å². The number of carbonyl (C=O) groups is 1. The number of aromatic amines is 1. The molecule has 0 spiro atoms. The lowest BCUT2D eigenvalue weighted by Crippen LogP contribution is -2.16. The Morgan fingerprint density at radius 3 is 2.47 bits per heavy atom. The van der Waals surface area contributed by atoms with Crippen molar-refractivity contribution in [2.75, 3.05) is 0 Å². The zero-order valence-electron chi connectivity index (χ0n) is 15.7. The van der Waals surface area contributed by atoms with Crippen LogP contribution in [-0.2, 0) is 6.18 Å². The van der Waals surface area contributed by atoms with Gasteiger partial charge in [0.15, 0.2) is 17.4 Å². The van der Waals surface area contributed by atoms with Crippen LogP contribution < -0.4 is 5.56 Å². The van der Waals surface area contributed by atoms with Crippen molar-refractivity contribution in [2.45, 2.75) is 31.9 Å². The summed E-state index contributed by atoms with van der Waals surface area (Å²) in [4.78, 5) is 39.1. The third kappa shape index (κ3) is 4.76. The fourth-order valence-electron chi connectivity index (χ4n) is 2.97. The summed E-state index contributed by atoms with van der Waals surface area (Å²) in [6, 6.07) is 5.20. The predicted octanol–water partition coefficient (Wildman–Crippen LogP) is 4.15. The standard InChI is InChI=1S/C20H16F4N4O2/c1-2-11(12-4-5-13(14(21)8-12)20(22,23)24)9-16(29)15-10-17(30)28-19(27-15)18-25-6-3-7-26-18/h3-8,10-11H,2,9H2,1H3,(H,27,28,30)/t11-/m0/s1. The number of nitrogens with zero attached hydrogens (tertiary/aromatic N) is 3. The molecule has 0 fully saturated rings. The minimum absolute atomic E-state index is 0.0140. The van der Waals surface area contributed by atoms with E-state index in [9.17, 15) is 27.2 Å². The number of ketones is 1. The first-order valence-electron chi connectivity index (χ1n) is 8.97. The van der Waals surface area contributed by atoms with E-state index >= 15 is 0 Å². The summed E-state index contributed by atoms with van der Waals surface area (Å²) in [5.41, 5.74) is -1.82. The fourth-order valence-corrected chi connectivity index (χ4v) is 2.97. The molecule has 2 aromatic heterocycles. The van der Waals surface area contributed by atoms with Crippen LogP contribution in [0.1, 0.15) is 47.3 Å². The Balaban J connectivity index is 1.87. The summed E-state index contributed by atoms with van der Waals surface area (Å²) in [6.45, 7) is 1.72. The maximum Gasteiger partial charge on any atom is 0.419 e. The average Bonchev–Trinajstić information content (AvgIpc) is 2.71. The van der Waals surface area contributed by atoms with Crippen LogP contribution in [0.2, 0.25) is 0 Å². The second kappa shape index (κ2) is 8.52. The van der Waals surface area contributed by atoms with Gasteiger partial charge in [-0.05, 0) is 36.1 Å². The summed E-state index contributed by atoms with van der Waals surface area (Å²) in [6.07, 6.45) is -1.70. The van der Waals surface area contributed by atoms with E-state index in [2.05, 4.69) is 19.9 Å². The second-order valence-electron chi connectivity index (χ2n) is 6.52. The van der Waals surface area contributed by atoms with E-state index in [-0.39, 0.29) is 29.3 Å². The van der Waals surface area contributed by atoms with E-state index in [1.165, 1.54) is 12.4 Å². The summed E-state index contributed by atoms with van der Waals surface area (Å²) >= 11 is 0. The molecular weight excluding hydrogens is 404 g/mol. The van der Waals surface area contributed by atoms with Gasteiger partial charge in [-0.1, -0.05) is 13.0 Å². The third-order valence-electron chi connectivity index (χ3n) is 4.50. The number of halogens is 4. The minimum Gasteiger partial charge on any atom is -0.304 e. The fraction of sp³-hybridized carbons (Fsp3) is 0.250. The Morgan fingerprint density at radius 1 is 1.17 bits per heavy atom. The van der Waals surface area contributed by atoms with Gasteiger partial charge in [0.25, 0.3) is 5.56 Å². The Bertz CT molecular complexity index is 1110. The first-order chi connectivity index (χ1) is 14.2. The molecule has 1 N–H and O–H groups in total. The average molecular weight is 420 g/mol. The molecule has 1 atom stereocenters. The molecule has 0 saturated heterocycles. The number of rotatable bonds is 6. The van der Waals surface area contributed by atoms with Crippen LogP contribution in [0.5, 0.6) is 0 Å². The van der Waals surface area contributed by atoms with E-state index < -0.39 is 34.8 Å². The monoisotopic (exact) mass is 420 g/mol. The van der Waals surface area contributed by atoms with Crippen molar-refractivity contribution in [1.82, 2.24) is 19.9 Å². The smallest absolute Gasteiger partial charge is 0.304 e. The number of H-pyrrole nitrogens is 1. The largest absolute Gasteiger partial charge is 0.419 e. The minimum atomic E-state index is -4.80. The van der Waals surface area contributed by atoms with Crippen LogP contribution in [0, 0.1) is 5.82 Å². The van der Waals surface area contributed by atoms with Gasteiger partial charge in [-0.2, -0.15) is 13.2 Å². The van der Waals surface area contributed by atoms with Crippen molar-refractivity contribution in [2.24, 2.45) is 0 Å². The highest BCUT2D eigenvalue weighted by molar-refractivity contribution is 5.95. The Kier molecular flexibility index (Phi) is 6.04. The van der Waals surface area contributed by atoms with Gasteiger partial charge in [0, 0.05) is 24.9 Å². The number of alkyl halides is 3. The molecule has 6 nitrogen and oxygen atoms in total. The lowest BCUT2D eigenvalue weighted by molar-refractivity contribution is -0.140. The summed E-state index contributed by atoms with van der Waals surface area (Å²) in [7, 11) is 0. The molecule has 0 bridgehead atoms. The molecule has 0 saturated carbocycles. The molecule has 3 aromatic rings. The molecule has 30 heavy (non-hydrogen) atoms. The highest BCUT2D eigenvalue weighted by atomic mass is 19.4. The van der Waals surface area contributed by atoms with Crippen LogP contribution in [-0.4, -0.2) is 25.7 Å². The first kappa shape index (κ1) is 21.3. The van der Waals surface area contributed by atoms with E-state index in [4.69, 9.17) is 0 Å². The number of hydrogen-bond acceptors (Lipinski definition) is 5. The normalized spacial score (nSPS) is 12.6. The molecule has 0 aliphatic carbocycles. The first-order valence-corrected chi connectivity index (χ1v) is 8.97. The topological polar surface area (TPSA) is 88.6 Å². The molecule has 0 unspecified atom stereocenters. The van der Waals surface area contributed by atoms with E-state index in [0.29, 0.717) is 12.5 Å². The number of Topliss-reactive ketones (excluding diaryl/α,β-unsaturated/α-hetero) is 1. The summed E-state index contributed by atoms with van der Waals surface area (Å²) in [5, 5.41) is 0. The zero-order valence-corrected chi connectivity index (χ0v) is 15.7. The molecular formula is C20H16F4N4O2. The quantitative estimate of drug-likeness (QED) is 0.478. The number of aromatic nitrogens is 4. The highest BCUT2D eigenvalue weighted by Gasteiger charge is 2.34. The number of nitrogens with one attached hydrogen (secondary N) is 1. The third-order valence-corrected chi connectivity index (χ3v) is 4.50. The van der Waals surface area contributed by atoms with Gasteiger partial charge in [-0.3, -0.25) is 9.59 Å². The van der Waals surface area contributed by atoms with Crippen molar-refractivity contribution < 1.29 is 22.4 Å². The van der Waals surface area contributed by atoms with Gasteiger partial charge >= 0.3 is 6.18 Å². The Labute approximate surface area is 168 Å². The van der Waals surface area contributed by atoms with Gasteiger partial charge in [-0.25, -0.2) is 19.3 Å². The zero-order chi connectivity index (χ0) is 21.9. The molecule has 0 amide bonds. The Hall–Kier alpha value is -3.43. The van der Waals surface area contributed by atoms with Crippen molar-refractivity contribution in [1.29, 1.82) is 0 Å². The molecule has 0 radical (unpaired) electrons. The maximum absolute atomic E-state index is 13.9. The predicted molar refractivity (Wildman–Crippen MR) is 99.3 cm³/mol. The molecule has 10 heteroatoms. The van der Waals surface area contributed by atoms with Gasteiger partial charge in [0.05, 0.1) is 5.56 Å². The number of hydrogen-bond donors (Lipinski definition) is 1. The highest BCUT2D eigenvalue weighted by Crippen LogP contribution is 2.34. The van der Waals surface area contributed by atoms with Crippen LogP contribution in [0.3, 0.4) is 0 Å². The summed E-state index contributed by atoms with van der Waals surface area (Å²) < 4.78 is 52.2. The van der Waals surface area contributed by atoms with Crippen LogP contribution in [0.25, 0.3) is 11.6 Å². The lowest BCUT2D eigenvalue weighted by Gasteiger charge is -2.16. The molecule has 1 aromatic carbocycles. The van der Waals surface area contributed by atoms with Crippen molar-refractivity contribution in [3.63, 3.8) is 0 Å². The van der Waals surface area contributed by atoms with Crippen molar-refractivity contribution >= 4 is 5.78 Å². The number of carbonyl (C=O) groups excluding carboxylic acids is 1. The van der Waals surface area contributed by atoms with E-state index in [1.807, 2.05) is 0 Å². The second-order valence-corrected chi connectivity index (χ2v) is 6.52. The van der Waals surface area contributed by atoms with Gasteiger partial charge in [0.1, 0.15) is 11.5 Å². The van der Waals surface area contributed by atoms with Gasteiger partial charge in [0.2, 0.25) is 0 Å². The van der Waals surface area contributed by atoms with E-state index in [1.54, 1.807) is 13.0 Å². The maximum atomic E-state index is 13.9. The molecule has 0 aliphatic rings. The summed E-state index contributed by atoms with van der Waals surface area (Å²) in [5.74, 6) is -2.32. The molecule has 2 heterocycles. The van der Waals surface area contributed by atoms with Crippen LogP contribution in [0.4, 0.5) is 17.6 Å². The van der Waals surface area contributed by atoms with Crippen molar-refractivity contribution in [3.8, 4) is 11.6 Å².